The number of carbonyl (C=O) groups excluding carboxylic acids is 1. The number of nitrogens with one attached hydrogen (secondary N) is 1. The number of carbonyl (C=O) groups is 1. The Bertz CT molecular complexity index is 2380. The van der Waals surface area contributed by atoms with Gasteiger partial charge in [0, 0.05) is 27.4 Å². The van der Waals surface area contributed by atoms with E-state index >= 15 is 0 Å². The van der Waals surface area contributed by atoms with E-state index in [-0.39, 0.29) is 23.0 Å². The SMILES string of the molecule is Cc1ccc(B2N=c3c4c(cc/c3=C3\C(=O)C(c5ccc6cccc7c6c5NB(c5ccc(C)cc5)O7)=C3O)C(C)CC=C4O2)cc1. The van der Waals surface area contributed by atoms with Crippen molar-refractivity contribution in [1.82, 2.24) is 0 Å². The van der Waals surface area contributed by atoms with E-state index in [0.29, 0.717) is 21.7 Å². The highest BCUT2D eigenvalue weighted by atomic mass is 16.5. The third kappa shape index (κ3) is 4.21. The molecule has 5 aromatic rings. The Morgan fingerprint density at radius 2 is 1.60 bits per heavy atom. The predicted octanol–water partition coefficient (Wildman–Crippen LogP) is 5.25. The fraction of sp³-hybridized carbons (Fsp3) is 0.128. The topological polar surface area (TPSA) is 80.2 Å². The number of nitrogens with zero attached hydrogens (tertiary/aromatic N) is 1. The number of Topliss-reactive ketones (excluding diaryl/α,β-unsaturated/α-hetero) is 1. The third-order valence-corrected chi connectivity index (χ3v) is 9.87. The van der Waals surface area contributed by atoms with E-state index in [4.69, 9.17) is 14.2 Å². The zero-order valence-electron chi connectivity index (χ0n) is 26.3. The zero-order chi connectivity index (χ0) is 32.0. The Hall–Kier alpha value is -5.49. The molecule has 2 N–H and O–H groups in total. The number of benzene rings is 5. The molecule has 0 saturated heterocycles. The highest BCUT2D eigenvalue weighted by molar-refractivity contribution is 6.72. The first-order valence-electron chi connectivity index (χ1n) is 16.1. The first-order valence-corrected chi connectivity index (χ1v) is 16.1. The van der Waals surface area contributed by atoms with Gasteiger partial charge < -0.3 is 19.6 Å². The summed E-state index contributed by atoms with van der Waals surface area (Å²) in [5.74, 6) is 1.56. The summed E-state index contributed by atoms with van der Waals surface area (Å²) in [7, 11) is -1.00. The van der Waals surface area contributed by atoms with Gasteiger partial charge in [0.1, 0.15) is 17.3 Å². The molecule has 1 atom stereocenters. The lowest BCUT2D eigenvalue weighted by Crippen LogP contribution is -2.47. The first kappa shape index (κ1) is 27.8. The van der Waals surface area contributed by atoms with Crippen molar-refractivity contribution in [3.05, 3.63) is 141 Å². The van der Waals surface area contributed by atoms with Crippen LogP contribution >= 0.6 is 0 Å². The summed E-state index contributed by atoms with van der Waals surface area (Å²) in [5, 5.41) is 18.5. The second kappa shape index (κ2) is 10.3. The van der Waals surface area contributed by atoms with E-state index in [1.165, 1.54) is 0 Å². The highest BCUT2D eigenvalue weighted by Gasteiger charge is 2.40. The molecule has 6 nitrogen and oxygen atoms in total. The normalized spacial score (nSPS) is 18.8. The van der Waals surface area contributed by atoms with Crippen molar-refractivity contribution in [1.29, 1.82) is 0 Å². The summed E-state index contributed by atoms with van der Waals surface area (Å²) in [6.45, 7) is 6.29. The summed E-state index contributed by atoms with van der Waals surface area (Å²) < 4.78 is 12.9. The van der Waals surface area contributed by atoms with Crippen molar-refractivity contribution in [3.63, 3.8) is 0 Å². The van der Waals surface area contributed by atoms with Crippen molar-refractivity contribution in [2.75, 3.05) is 5.23 Å². The molecule has 0 fully saturated rings. The van der Waals surface area contributed by atoms with Crippen LogP contribution in [-0.4, -0.2) is 25.0 Å². The Balaban J connectivity index is 1.23. The van der Waals surface area contributed by atoms with Gasteiger partial charge in [0.2, 0.25) is 5.78 Å². The van der Waals surface area contributed by atoms with Gasteiger partial charge in [-0.15, -0.1) is 0 Å². The van der Waals surface area contributed by atoms with Gasteiger partial charge in [-0.05, 0) is 60.2 Å². The summed E-state index contributed by atoms with van der Waals surface area (Å²) >= 11 is 0. The molecule has 4 aliphatic rings. The minimum Gasteiger partial charge on any atom is -0.537 e. The van der Waals surface area contributed by atoms with E-state index in [1.807, 2.05) is 72.8 Å². The number of ketones is 1. The number of hydrogen-bond acceptors (Lipinski definition) is 6. The molecule has 2 aliphatic carbocycles. The number of allylic oxidation sites excluding steroid dienone is 3. The average Bonchev–Trinajstić information content (AvgIpc) is 3.08. The maximum atomic E-state index is 14.3. The van der Waals surface area contributed by atoms with E-state index in [9.17, 15) is 9.90 Å². The van der Waals surface area contributed by atoms with Crippen molar-refractivity contribution in [3.8, 4) is 5.75 Å². The molecule has 9 rings (SSSR count). The van der Waals surface area contributed by atoms with Crippen molar-refractivity contribution in [2.45, 2.75) is 33.1 Å². The van der Waals surface area contributed by atoms with Crippen molar-refractivity contribution in [2.24, 2.45) is 4.90 Å². The second-order valence-electron chi connectivity index (χ2n) is 13.0. The number of aliphatic hydroxyl groups is 1. The molecule has 1 unspecified atom stereocenters. The van der Waals surface area contributed by atoms with Crippen LogP contribution in [-0.2, 0) is 9.45 Å². The molecule has 0 aromatic heterocycles. The number of hydrogen-bond donors (Lipinski definition) is 2. The van der Waals surface area contributed by atoms with Crippen LogP contribution in [0.25, 0.3) is 27.7 Å². The lowest BCUT2D eigenvalue weighted by Gasteiger charge is -2.31. The van der Waals surface area contributed by atoms with E-state index < -0.39 is 14.1 Å². The van der Waals surface area contributed by atoms with E-state index in [2.05, 4.69) is 50.3 Å². The van der Waals surface area contributed by atoms with Crippen LogP contribution < -0.4 is 31.4 Å². The van der Waals surface area contributed by atoms with Gasteiger partial charge in [-0.25, -0.2) is 0 Å². The predicted molar refractivity (Wildman–Crippen MR) is 189 cm³/mol. The smallest absolute Gasteiger partial charge is 0.537 e. The minimum atomic E-state index is -0.551. The van der Waals surface area contributed by atoms with Crippen LogP contribution in [0, 0.1) is 13.8 Å². The summed E-state index contributed by atoms with van der Waals surface area (Å²) in [5.41, 5.74) is 8.27. The number of aliphatic hydroxyl groups excluding tert-OH is 1. The van der Waals surface area contributed by atoms with Gasteiger partial charge in [-0.3, -0.25) is 9.70 Å². The molecular weight excluding hydrogens is 582 g/mol. The molecule has 226 valence electrons. The molecular formula is C39H30B2N2O4. The summed E-state index contributed by atoms with van der Waals surface area (Å²) in [6.07, 6.45) is 2.99. The molecule has 0 bridgehead atoms. The van der Waals surface area contributed by atoms with Crippen LogP contribution in [0.4, 0.5) is 5.69 Å². The van der Waals surface area contributed by atoms with Crippen LogP contribution in [0.5, 0.6) is 5.75 Å². The molecule has 0 saturated carbocycles. The fourth-order valence-corrected chi connectivity index (χ4v) is 7.25. The lowest BCUT2D eigenvalue weighted by molar-refractivity contribution is -0.109. The monoisotopic (exact) mass is 612 g/mol. The largest absolute Gasteiger partial charge is 0.538 e. The molecule has 47 heavy (non-hydrogen) atoms. The first-order chi connectivity index (χ1) is 22.9. The second-order valence-corrected chi connectivity index (χ2v) is 13.0. The van der Waals surface area contributed by atoms with Crippen molar-refractivity contribution < 1.29 is 19.2 Å². The molecule has 0 spiro atoms. The number of anilines is 1. The van der Waals surface area contributed by atoms with Gasteiger partial charge >= 0.3 is 14.1 Å². The fourth-order valence-electron chi connectivity index (χ4n) is 7.25. The van der Waals surface area contributed by atoms with E-state index in [0.717, 1.165) is 67.6 Å². The van der Waals surface area contributed by atoms with Crippen LogP contribution in [0.1, 0.15) is 47.1 Å². The zero-order valence-corrected chi connectivity index (χ0v) is 26.3. The summed E-state index contributed by atoms with van der Waals surface area (Å²) in [6, 6.07) is 30.2. The molecule has 2 aliphatic heterocycles. The molecule has 2 heterocycles. The number of aryl methyl sites for hydroxylation is 2. The van der Waals surface area contributed by atoms with Crippen LogP contribution in [0.15, 0.2) is 108 Å². The Morgan fingerprint density at radius 3 is 2.34 bits per heavy atom. The molecule has 0 amide bonds. The Labute approximate surface area is 273 Å². The minimum absolute atomic E-state index is 0.0255. The van der Waals surface area contributed by atoms with Crippen molar-refractivity contribution >= 4 is 64.2 Å². The highest BCUT2D eigenvalue weighted by Crippen LogP contribution is 2.46. The average molecular weight is 612 g/mol. The van der Waals surface area contributed by atoms with Crippen LogP contribution in [0.2, 0.25) is 0 Å². The van der Waals surface area contributed by atoms with E-state index in [1.54, 1.807) is 0 Å². The van der Waals surface area contributed by atoms with Crippen LogP contribution in [0.3, 0.4) is 0 Å². The lowest BCUT2D eigenvalue weighted by atomic mass is 9.70. The molecule has 5 aromatic carbocycles. The van der Waals surface area contributed by atoms with Gasteiger partial charge in [-0.1, -0.05) is 103 Å². The Morgan fingerprint density at radius 1 is 0.851 bits per heavy atom. The van der Waals surface area contributed by atoms with Gasteiger partial charge in [-0.2, -0.15) is 0 Å². The maximum Gasteiger partial charge on any atom is 0.538 e. The van der Waals surface area contributed by atoms with Gasteiger partial charge in [0.15, 0.2) is 0 Å². The molecule has 0 radical (unpaired) electrons. The quantitative estimate of drug-likeness (QED) is 0.272. The summed E-state index contributed by atoms with van der Waals surface area (Å²) in [4.78, 5) is 19.3. The van der Waals surface area contributed by atoms with Gasteiger partial charge in [0.05, 0.1) is 16.5 Å². The third-order valence-electron chi connectivity index (χ3n) is 9.87. The van der Waals surface area contributed by atoms with Gasteiger partial charge in [0.25, 0.3) is 0 Å². The number of rotatable bonds is 3. The Kier molecular flexibility index (Phi) is 6.07. The molecule has 8 heteroatoms. The maximum absolute atomic E-state index is 14.3. The standard InChI is InChI=1S/C39H30B2N2O4/c1-21-7-13-25(14-8-21)40-42-36-28(17-12-24-5-4-6-30(46-40)32(24)36)34-38(44)35(39(34)45)29-19-18-27-23(3)11-20-31-33(27)37(29)43-41(47-31)26-15-9-22(2)10-16-26/h4-10,12-20,23,42,44H,11H2,1-3H3/b35-29+.